The van der Waals surface area contributed by atoms with Gasteiger partial charge in [0.05, 0.1) is 5.75 Å². The van der Waals surface area contributed by atoms with Crippen molar-refractivity contribution in [2.75, 3.05) is 0 Å². The van der Waals surface area contributed by atoms with Gasteiger partial charge in [-0.15, -0.1) is 10.2 Å². The molecule has 1 aromatic carbocycles. The molecule has 0 aliphatic rings. The molecule has 0 saturated heterocycles. The van der Waals surface area contributed by atoms with E-state index in [9.17, 15) is 0 Å². The molecule has 102 valence electrons. The van der Waals surface area contributed by atoms with E-state index in [4.69, 9.17) is 4.52 Å². The van der Waals surface area contributed by atoms with Crippen LogP contribution in [0.2, 0.25) is 0 Å². The lowest BCUT2D eigenvalue weighted by atomic mass is 10.1. The highest BCUT2D eigenvalue weighted by Gasteiger charge is 2.10. The summed E-state index contributed by atoms with van der Waals surface area (Å²) in [6.07, 6.45) is 0. The van der Waals surface area contributed by atoms with E-state index in [2.05, 4.69) is 20.3 Å². The third-order valence-corrected chi connectivity index (χ3v) is 4.56. The van der Waals surface area contributed by atoms with Gasteiger partial charge in [0.15, 0.2) is 4.34 Å². The Labute approximate surface area is 124 Å². The second-order valence-electron chi connectivity index (χ2n) is 4.25. The first kappa shape index (κ1) is 13.3. The third-order valence-electron chi connectivity index (χ3n) is 2.60. The Morgan fingerprint density at radius 1 is 1.15 bits per heavy atom. The first-order chi connectivity index (χ1) is 9.70. The molecule has 20 heavy (non-hydrogen) atoms. The van der Waals surface area contributed by atoms with Gasteiger partial charge in [0.2, 0.25) is 11.7 Å². The first-order valence-corrected chi connectivity index (χ1v) is 7.83. The fourth-order valence-electron chi connectivity index (χ4n) is 1.59. The van der Waals surface area contributed by atoms with Crippen LogP contribution in [0.4, 0.5) is 0 Å². The number of hydrogen-bond donors (Lipinski definition) is 0. The van der Waals surface area contributed by atoms with Crippen LogP contribution in [0, 0.1) is 13.8 Å². The Balaban J connectivity index is 1.69. The summed E-state index contributed by atoms with van der Waals surface area (Å²) in [6.45, 7) is 3.98. The minimum absolute atomic E-state index is 0.596. The number of thioether (sulfide) groups is 1. The number of hydrogen-bond acceptors (Lipinski definition) is 7. The van der Waals surface area contributed by atoms with Gasteiger partial charge in [0, 0.05) is 5.56 Å². The van der Waals surface area contributed by atoms with Crippen molar-refractivity contribution in [2.24, 2.45) is 0 Å². The SMILES string of the molecule is Cc1ccc(-c2noc(CSc3nnc(C)s3)n2)cc1. The van der Waals surface area contributed by atoms with Crippen molar-refractivity contribution in [1.29, 1.82) is 0 Å². The molecule has 0 radical (unpaired) electrons. The molecular formula is C13H12N4OS2. The minimum atomic E-state index is 0.596. The molecule has 3 aromatic rings. The molecule has 0 amide bonds. The van der Waals surface area contributed by atoms with Crippen molar-refractivity contribution in [3.8, 4) is 11.4 Å². The highest BCUT2D eigenvalue weighted by Crippen LogP contribution is 2.26. The van der Waals surface area contributed by atoms with Crippen molar-refractivity contribution in [1.82, 2.24) is 20.3 Å². The second kappa shape index (κ2) is 5.72. The quantitative estimate of drug-likeness (QED) is 0.687. The van der Waals surface area contributed by atoms with E-state index in [1.165, 1.54) is 5.56 Å². The molecule has 0 bridgehead atoms. The largest absolute Gasteiger partial charge is 0.338 e. The van der Waals surface area contributed by atoms with Crippen molar-refractivity contribution < 1.29 is 4.52 Å². The topological polar surface area (TPSA) is 64.7 Å². The molecular weight excluding hydrogens is 292 g/mol. The molecule has 2 aromatic heterocycles. The van der Waals surface area contributed by atoms with Crippen LogP contribution in [0.1, 0.15) is 16.5 Å². The van der Waals surface area contributed by atoms with Gasteiger partial charge < -0.3 is 4.52 Å². The molecule has 0 unspecified atom stereocenters. The number of nitrogens with zero attached hydrogens (tertiary/aromatic N) is 4. The average Bonchev–Trinajstić information content (AvgIpc) is 3.06. The highest BCUT2D eigenvalue weighted by atomic mass is 32.2. The zero-order valence-corrected chi connectivity index (χ0v) is 12.7. The van der Waals surface area contributed by atoms with Gasteiger partial charge >= 0.3 is 0 Å². The molecule has 2 heterocycles. The predicted molar refractivity (Wildman–Crippen MR) is 78.7 cm³/mol. The lowest BCUT2D eigenvalue weighted by molar-refractivity contribution is 0.391. The maximum absolute atomic E-state index is 5.25. The predicted octanol–water partition coefficient (Wildman–Crippen LogP) is 3.50. The molecule has 0 aliphatic heterocycles. The van der Waals surface area contributed by atoms with Crippen LogP contribution >= 0.6 is 23.1 Å². The maximum atomic E-state index is 5.25. The van der Waals surface area contributed by atoms with Gasteiger partial charge in [0.1, 0.15) is 5.01 Å². The van der Waals surface area contributed by atoms with Crippen molar-refractivity contribution in [3.05, 3.63) is 40.7 Å². The summed E-state index contributed by atoms with van der Waals surface area (Å²) in [7, 11) is 0. The van der Waals surface area contributed by atoms with Crippen LogP contribution < -0.4 is 0 Å². The van der Waals surface area contributed by atoms with Gasteiger partial charge in [-0.25, -0.2) is 0 Å². The summed E-state index contributed by atoms with van der Waals surface area (Å²) >= 11 is 3.12. The Kier molecular flexibility index (Phi) is 3.79. The summed E-state index contributed by atoms with van der Waals surface area (Å²) in [5, 5.41) is 13.0. The van der Waals surface area contributed by atoms with E-state index in [1.807, 2.05) is 38.1 Å². The van der Waals surface area contributed by atoms with Gasteiger partial charge in [-0.05, 0) is 13.8 Å². The molecule has 5 nitrogen and oxygen atoms in total. The summed E-state index contributed by atoms with van der Waals surface area (Å²) in [4.78, 5) is 4.39. The lowest BCUT2D eigenvalue weighted by Crippen LogP contribution is -1.83. The van der Waals surface area contributed by atoms with E-state index in [0.29, 0.717) is 17.5 Å². The molecule has 7 heteroatoms. The van der Waals surface area contributed by atoms with Gasteiger partial charge in [-0.2, -0.15) is 4.98 Å². The molecule has 0 aliphatic carbocycles. The van der Waals surface area contributed by atoms with Crippen LogP contribution in [0.5, 0.6) is 0 Å². The second-order valence-corrected chi connectivity index (χ2v) is 6.66. The normalized spacial score (nSPS) is 10.9. The number of aryl methyl sites for hydroxylation is 2. The van der Waals surface area contributed by atoms with Crippen LogP contribution in [0.3, 0.4) is 0 Å². The van der Waals surface area contributed by atoms with E-state index in [1.54, 1.807) is 23.1 Å². The van der Waals surface area contributed by atoms with Crippen LogP contribution in [-0.4, -0.2) is 20.3 Å². The maximum Gasteiger partial charge on any atom is 0.237 e. The van der Waals surface area contributed by atoms with E-state index < -0.39 is 0 Å². The van der Waals surface area contributed by atoms with Gasteiger partial charge in [-0.3, -0.25) is 0 Å². The molecule has 0 fully saturated rings. The minimum Gasteiger partial charge on any atom is -0.338 e. The van der Waals surface area contributed by atoms with Crippen molar-refractivity contribution in [2.45, 2.75) is 23.9 Å². The summed E-state index contributed by atoms with van der Waals surface area (Å²) in [6, 6.07) is 8.05. The molecule has 0 spiro atoms. The Morgan fingerprint density at radius 3 is 2.65 bits per heavy atom. The molecule has 3 rings (SSSR count). The summed E-state index contributed by atoms with van der Waals surface area (Å²) < 4.78 is 6.17. The van der Waals surface area contributed by atoms with Crippen LogP contribution in [-0.2, 0) is 5.75 Å². The highest BCUT2D eigenvalue weighted by molar-refractivity contribution is 8.00. The van der Waals surface area contributed by atoms with Crippen molar-refractivity contribution >= 4 is 23.1 Å². The molecule has 0 N–H and O–H groups in total. The van der Waals surface area contributed by atoms with E-state index in [-0.39, 0.29) is 0 Å². The summed E-state index contributed by atoms with van der Waals surface area (Å²) in [5.41, 5.74) is 2.17. The number of aromatic nitrogens is 4. The smallest absolute Gasteiger partial charge is 0.237 e. The Morgan fingerprint density at radius 2 is 1.95 bits per heavy atom. The fourth-order valence-corrected chi connectivity index (χ4v) is 3.25. The molecule has 0 saturated carbocycles. The van der Waals surface area contributed by atoms with E-state index in [0.717, 1.165) is 14.9 Å². The molecule has 0 atom stereocenters. The fraction of sp³-hybridized carbons (Fsp3) is 0.231. The number of rotatable bonds is 4. The average molecular weight is 304 g/mol. The first-order valence-electron chi connectivity index (χ1n) is 6.03. The monoisotopic (exact) mass is 304 g/mol. The van der Waals surface area contributed by atoms with Gasteiger partial charge in [0.25, 0.3) is 0 Å². The third kappa shape index (κ3) is 3.05. The Hall–Kier alpha value is -1.73. The van der Waals surface area contributed by atoms with Crippen LogP contribution in [0.15, 0.2) is 33.1 Å². The van der Waals surface area contributed by atoms with E-state index >= 15 is 0 Å². The van der Waals surface area contributed by atoms with Gasteiger partial charge in [-0.1, -0.05) is 58.1 Å². The standard InChI is InChI=1S/C13H12N4OS2/c1-8-3-5-10(6-4-8)12-14-11(18-17-12)7-19-13-16-15-9(2)20-13/h3-6H,7H2,1-2H3. The zero-order chi connectivity index (χ0) is 13.9. The number of benzene rings is 1. The Bertz CT molecular complexity index is 705. The van der Waals surface area contributed by atoms with Crippen LogP contribution in [0.25, 0.3) is 11.4 Å². The van der Waals surface area contributed by atoms with Crippen molar-refractivity contribution in [3.63, 3.8) is 0 Å². The zero-order valence-electron chi connectivity index (χ0n) is 11.0. The summed E-state index contributed by atoms with van der Waals surface area (Å²) in [5.74, 6) is 1.82. The lowest BCUT2D eigenvalue weighted by Gasteiger charge is -1.94.